The molecule has 1 atom stereocenters. The van der Waals surface area contributed by atoms with Gasteiger partial charge in [0.1, 0.15) is 0 Å². The van der Waals surface area contributed by atoms with Gasteiger partial charge in [0.25, 0.3) is 0 Å². The van der Waals surface area contributed by atoms with Gasteiger partial charge in [0, 0.05) is 23.7 Å². The molecule has 0 heterocycles. The molecule has 0 amide bonds. The Morgan fingerprint density at radius 3 is 2.65 bits per heavy atom. The van der Waals surface area contributed by atoms with Gasteiger partial charge >= 0.3 is 0 Å². The molecule has 0 aromatic carbocycles. The first-order chi connectivity index (χ1) is 8.36. The summed E-state index contributed by atoms with van der Waals surface area (Å²) in [4.78, 5) is 0. The number of nitrogens with one attached hydrogen (secondary N) is 1. The molecule has 0 saturated heterocycles. The Labute approximate surface area is 111 Å². The van der Waals surface area contributed by atoms with Crippen LogP contribution in [0.15, 0.2) is 0 Å². The molecule has 1 rings (SSSR count). The molecule has 2 nitrogen and oxygen atoms in total. The van der Waals surface area contributed by atoms with Crippen molar-refractivity contribution in [1.82, 2.24) is 5.32 Å². The lowest BCUT2D eigenvalue weighted by atomic mass is 10.0. The third kappa shape index (κ3) is 7.32. The second-order valence-corrected chi connectivity index (χ2v) is 6.26. The zero-order valence-electron chi connectivity index (χ0n) is 11.5. The Balaban J connectivity index is 2.13. The molecule has 0 aromatic rings. The van der Waals surface area contributed by atoms with Crippen molar-refractivity contribution in [2.24, 2.45) is 0 Å². The van der Waals surface area contributed by atoms with Crippen LogP contribution in [0.5, 0.6) is 0 Å². The maximum absolute atomic E-state index is 5.66. The fourth-order valence-electron chi connectivity index (χ4n) is 2.31. The predicted octanol–water partition coefficient (Wildman–Crippen LogP) is 3.46. The number of likely N-dealkylation sites (N-methyl/N-ethyl adjacent to an activating group) is 1. The smallest absolute Gasteiger partial charge is 0.0627 e. The van der Waals surface area contributed by atoms with E-state index in [9.17, 15) is 0 Å². The number of hydrogen-bond acceptors (Lipinski definition) is 3. The Morgan fingerprint density at radius 2 is 2.00 bits per heavy atom. The van der Waals surface area contributed by atoms with Crippen LogP contribution in [0.1, 0.15) is 52.4 Å². The van der Waals surface area contributed by atoms with Crippen LogP contribution in [-0.2, 0) is 4.74 Å². The fourth-order valence-corrected chi connectivity index (χ4v) is 3.69. The largest absolute Gasteiger partial charge is 0.380 e. The second-order valence-electron chi connectivity index (χ2n) is 4.92. The van der Waals surface area contributed by atoms with Gasteiger partial charge in [0.2, 0.25) is 0 Å². The maximum atomic E-state index is 5.66. The van der Waals surface area contributed by atoms with Gasteiger partial charge in [-0.05, 0) is 25.8 Å². The standard InChI is InChI=1S/C14H29NOS/c1-3-10-16-11-13(15-4-2)12-17-14-8-6-5-7-9-14/h13-15H,3-12H2,1-2H3. The molecule has 1 aliphatic carbocycles. The van der Waals surface area contributed by atoms with Crippen LogP contribution in [0.25, 0.3) is 0 Å². The van der Waals surface area contributed by atoms with Crippen LogP contribution in [-0.4, -0.2) is 36.8 Å². The Bertz CT molecular complexity index is 172. The predicted molar refractivity (Wildman–Crippen MR) is 77.9 cm³/mol. The van der Waals surface area contributed by atoms with E-state index in [2.05, 4.69) is 30.9 Å². The van der Waals surface area contributed by atoms with E-state index in [4.69, 9.17) is 4.74 Å². The first-order valence-electron chi connectivity index (χ1n) is 7.29. The van der Waals surface area contributed by atoms with E-state index in [1.165, 1.54) is 37.9 Å². The minimum atomic E-state index is 0.540. The van der Waals surface area contributed by atoms with Crippen LogP contribution in [0.3, 0.4) is 0 Å². The molecule has 1 saturated carbocycles. The molecule has 1 aliphatic rings. The normalized spacial score (nSPS) is 19.4. The molecule has 0 spiro atoms. The molecule has 0 radical (unpaired) electrons. The summed E-state index contributed by atoms with van der Waals surface area (Å²) in [7, 11) is 0. The quantitative estimate of drug-likeness (QED) is 0.641. The van der Waals surface area contributed by atoms with Gasteiger partial charge < -0.3 is 10.1 Å². The first-order valence-corrected chi connectivity index (χ1v) is 8.34. The average Bonchev–Trinajstić information content (AvgIpc) is 2.37. The van der Waals surface area contributed by atoms with Crippen molar-refractivity contribution in [3.8, 4) is 0 Å². The molecule has 0 aliphatic heterocycles. The third-order valence-corrected chi connectivity index (χ3v) is 4.78. The van der Waals surface area contributed by atoms with Crippen molar-refractivity contribution in [2.75, 3.05) is 25.5 Å². The van der Waals surface area contributed by atoms with E-state index >= 15 is 0 Å². The number of rotatable bonds is 9. The minimum Gasteiger partial charge on any atom is -0.380 e. The third-order valence-electron chi connectivity index (χ3n) is 3.25. The lowest BCUT2D eigenvalue weighted by molar-refractivity contribution is 0.117. The highest BCUT2D eigenvalue weighted by Crippen LogP contribution is 2.28. The van der Waals surface area contributed by atoms with Crippen LogP contribution in [0, 0.1) is 0 Å². The summed E-state index contributed by atoms with van der Waals surface area (Å²) in [6.45, 7) is 7.17. The zero-order valence-corrected chi connectivity index (χ0v) is 12.4. The molecule has 0 aromatic heterocycles. The van der Waals surface area contributed by atoms with Crippen LogP contribution < -0.4 is 5.32 Å². The van der Waals surface area contributed by atoms with Crippen molar-refractivity contribution in [3.05, 3.63) is 0 Å². The molecule has 1 unspecified atom stereocenters. The van der Waals surface area contributed by atoms with Crippen LogP contribution in [0.4, 0.5) is 0 Å². The molecule has 1 fully saturated rings. The molecular weight excluding hydrogens is 230 g/mol. The summed E-state index contributed by atoms with van der Waals surface area (Å²) in [6, 6.07) is 0.540. The van der Waals surface area contributed by atoms with Crippen molar-refractivity contribution in [3.63, 3.8) is 0 Å². The highest BCUT2D eigenvalue weighted by atomic mass is 32.2. The van der Waals surface area contributed by atoms with Crippen molar-refractivity contribution in [2.45, 2.75) is 63.7 Å². The van der Waals surface area contributed by atoms with Gasteiger partial charge in [0.15, 0.2) is 0 Å². The summed E-state index contributed by atoms with van der Waals surface area (Å²) < 4.78 is 5.66. The van der Waals surface area contributed by atoms with Crippen LogP contribution >= 0.6 is 11.8 Å². The SMILES string of the molecule is CCCOCC(CSC1CCCCC1)NCC. The van der Waals surface area contributed by atoms with Gasteiger partial charge in [-0.25, -0.2) is 0 Å². The number of hydrogen-bond donors (Lipinski definition) is 1. The molecule has 1 N–H and O–H groups in total. The molecule has 3 heteroatoms. The molecule has 0 bridgehead atoms. The summed E-state index contributed by atoms with van der Waals surface area (Å²) in [5.74, 6) is 1.21. The first kappa shape index (κ1) is 15.3. The second kappa shape index (κ2) is 10.2. The number of thioether (sulfide) groups is 1. The molecule has 17 heavy (non-hydrogen) atoms. The zero-order chi connectivity index (χ0) is 12.3. The summed E-state index contributed by atoms with van der Waals surface area (Å²) in [5.41, 5.74) is 0. The average molecular weight is 259 g/mol. The number of ether oxygens (including phenoxy) is 1. The lowest BCUT2D eigenvalue weighted by Crippen LogP contribution is -2.36. The van der Waals surface area contributed by atoms with E-state index in [1.54, 1.807) is 0 Å². The van der Waals surface area contributed by atoms with E-state index < -0.39 is 0 Å². The maximum Gasteiger partial charge on any atom is 0.0627 e. The van der Waals surface area contributed by atoms with E-state index in [1.807, 2.05) is 0 Å². The van der Waals surface area contributed by atoms with Gasteiger partial charge in [-0.3, -0.25) is 0 Å². The molecule has 102 valence electrons. The Kier molecular flexibility index (Phi) is 9.21. The summed E-state index contributed by atoms with van der Waals surface area (Å²) in [5, 5.41) is 4.45. The summed E-state index contributed by atoms with van der Waals surface area (Å²) in [6.07, 6.45) is 8.31. The fraction of sp³-hybridized carbons (Fsp3) is 1.00. The molecular formula is C14H29NOS. The minimum absolute atomic E-state index is 0.540. The van der Waals surface area contributed by atoms with Crippen molar-refractivity contribution >= 4 is 11.8 Å². The van der Waals surface area contributed by atoms with Crippen molar-refractivity contribution < 1.29 is 4.74 Å². The highest BCUT2D eigenvalue weighted by molar-refractivity contribution is 7.99. The van der Waals surface area contributed by atoms with Gasteiger partial charge in [-0.1, -0.05) is 33.1 Å². The van der Waals surface area contributed by atoms with E-state index in [0.29, 0.717) is 6.04 Å². The van der Waals surface area contributed by atoms with E-state index in [-0.39, 0.29) is 0 Å². The lowest BCUT2D eigenvalue weighted by Gasteiger charge is -2.24. The van der Waals surface area contributed by atoms with E-state index in [0.717, 1.165) is 31.4 Å². The Hall–Kier alpha value is 0.270. The monoisotopic (exact) mass is 259 g/mol. The van der Waals surface area contributed by atoms with Gasteiger partial charge in [-0.15, -0.1) is 0 Å². The highest BCUT2D eigenvalue weighted by Gasteiger charge is 2.16. The summed E-state index contributed by atoms with van der Waals surface area (Å²) >= 11 is 2.16. The van der Waals surface area contributed by atoms with Gasteiger partial charge in [-0.2, -0.15) is 11.8 Å². The van der Waals surface area contributed by atoms with Gasteiger partial charge in [0.05, 0.1) is 6.61 Å². The Morgan fingerprint density at radius 1 is 1.24 bits per heavy atom. The van der Waals surface area contributed by atoms with Crippen molar-refractivity contribution in [1.29, 1.82) is 0 Å². The van der Waals surface area contributed by atoms with Crippen LogP contribution in [0.2, 0.25) is 0 Å². The topological polar surface area (TPSA) is 21.3 Å².